The number of nitrogens with zero attached hydrogens (tertiary/aromatic N) is 1. The lowest BCUT2D eigenvalue weighted by molar-refractivity contribution is -0.209. The second-order valence-corrected chi connectivity index (χ2v) is 11.6. The minimum absolute atomic E-state index is 0.00363. The molecule has 2 aliphatic heterocycles. The van der Waals surface area contributed by atoms with Crippen LogP contribution in [0.3, 0.4) is 0 Å². The molecule has 0 aliphatic carbocycles. The van der Waals surface area contributed by atoms with Gasteiger partial charge in [0.25, 0.3) is 5.91 Å². The minimum atomic E-state index is -0.911. The SMILES string of the molecule is CC(C)(C)CN1C(=O)[C@]2(CCC1c1ccc(Cl)cc1)CC(=O)O2.CCSC.Clc1ccccc1. The number of piperidine rings is 1. The second-order valence-electron chi connectivity index (χ2n) is 9.62. The van der Waals surface area contributed by atoms with E-state index in [0.29, 0.717) is 18.0 Å². The molecule has 2 aromatic carbocycles. The summed E-state index contributed by atoms with van der Waals surface area (Å²) in [6, 6.07) is 17.1. The Balaban J connectivity index is 0.000000307. The summed E-state index contributed by atoms with van der Waals surface area (Å²) in [6.45, 7) is 9.08. The van der Waals surface area contributed by atoms with Crippen LogP contribution in [0.25, 0.3) is 0 Å². The topological polar surface area (TPSA) is 46.6 Å². The smallest absolute Gasteiger partial charge is 0.311 e. The van der Waals surface area contributed by atoms with E-state index in [1.54, 1.807) is 0 Å². The van der Waals surface area contributed by atoms with E-state index in [1.165, 1.54) is 5.75 Å². The van der Waals surface area contributed by atoms with Gasteiger partial charge < -0.3 is 9.64 Å². The molecule has 4 rings (SSSR count). The number of esters is 1. The van der Waals surface area contributed by atoms with Crippen LogP contribution >= 0.6 is 35.0 Å². The number of benzene rings is 2. The van der Waals surface area contributed by atoms with Gasteiger partial charge in [-0.3, -0.25) is 9.59 Å². The molecule has 0 N–H and O–H groups in total. The van der Waals surface area contributed by atoms with E-state index in [0.717, 1.165) is 17.0 Å². The van der Waals surface area contributed by atoms with Crippen molar-refractivity contribution in [2.75, 3.05) is 18.6 Å². The van der Waals surface area contributed by atoms with Crippen LogP contribution in [0.5, 0.6) is 0 Å². The molecule has 2 atom stereocenters. The predicted molar refractivity (Wildman–Crippen MR) is 144 cm³/mol. The first-order valence-corrected chi connectivity index (χ1v) is 13.6. The molecule has 2 fully saturated rings. The van der Waals surface area contributed by atoms with Crippen molar-refractivity contribution < 1.29 is 14.3 Å². The monoisotopic (exact) mass is 523 g/mol. The van der Waals surface area contributed by atoms with Crippen LogP contribution in [0, 0.1) is 5.41 Å². The average molecular weight is 525 g/mol. The van der Waals surface area contributed by atoms with E-state index in [2.05, 4.69) is 34.0 Å². The van der Waals surface area contributed by atoms with Crippen molar-refractivity contribution in [3.63, 3.8) is 0 Å². The highest BCUT2D eigenvalue weighted by Crippen LogP contribution is 2.45. The van der Waals surface area contributed by atoms with Crippen LogP contribution in [-0.2, 0) is 14.3 Å². The molecule has 0 saturated carbocycles. The number of hydrogen-bond donors (Lipinski definition) is 0. The molecule has 2 aromatic rings. The molecule has 4 nitrogen and oxygen atoms in total. The van der Waals surface area contributed by atoms with Gasteiger partial charge in [0.2, 0.25) is 5.60 Å². The van der Waals surface area contributed by atoms with Crippen molar-refractivity contribution in [1.29, 1.82) is 0 Å². The van der Waals surface area contributed by atoms with E-state index in [9.17, 15) is 9.59 Å². The lowest BCUT2D eigenvalue weighted by Gasteiger charge is -2.50. The third kappa shape index (κ3) is 8.21. The van der Waals surface area contributed by atoms with Gasteiger partial charge in [-0.2, -0.15) is 11.8 Å². The Morgan fingerprint density at radius 1 is 1.03 bits per heavy atom. The van der Waals surface area contributed by atoms with Crippen LogP contribution in [0.1, 0.15) is 58.6 Å². The number of carbonyl (C=O) groups excluding carboxylic acids is 2. The number of likely N-dealkylation sites (tertiary alicyclic amines) is 1. The minimum Gasteiger partial charge on any atom is -0.448 e. The summed E-state index contributed by atoms with van der Waals surface area (Å²) >= 11 is 13.4. The Kier molecular flexibility index (Phi) is 10.8. The summed E-state index contributed by atoms with van der Waals surface area (Å²) in [5.41, 5.74) is 0.130. The van der Waals surface area contributed by atoms with Gasteiger partial charge in [0.15, 0.2) is 0 Å². The summed E-state index contributed by atoms with van der Waals surface area (Å²) in [5, 5.41) is 1.48. The van der Waals surface area contributed by atoms with Gasteiger partial charge in [-0.05, 0) is 60.1 Å². The Labute approximate surface area is 218 Å². The zero-order chi connectivity index (χ0) is 25.4. The number of rotatable bonds is 3. The van der Waals surface area contributed by atoms with Gasteiger partial charge in [-0.1, -0.05) is 81.2 Å². The molecular weight excluding hydrogens is 489 g/mol. The van der Waals surface area contributed by atoms with Gasteiger partial charge in [0, 0.05) is 16.6 Å². The molecule has 34 heavy (non-hydrogen) atoms. The largest absolute Gasteiger partial charge is 0.448 e. The number of ether oxygens (including phenoxy) is 1. The zero-order valence-electron chi connectivity index (χ0n) is 20.6. The number of thioether (sulfide) groups is 1. The molecule has 2 aliphatic rings. The van der Waals surface area contributed by atoms with E-state index in [-0.39, 0.29) is 29.8 Å². The normalized spacial score (nSPS) is 21.5. The Morgan fingerprint density at radius 2 is 1.56 bits per heavy atom. The standard InChI is InChI=1S/C18H22ClNO3.C6H5Cl.C3H8S/c1-17(2,3)11-20-14(12-4-6-13(19)7-5-12)8-9-18(16(20)22)10-15(21)23-18;7-6-4-2-1-3-5-6;1-3-4-2/h4-7,14H,8-11H2,1-3H3;1-5H;3H2,1-2H3/t14?,18-;;/m0../s1. The number of amides is 1. The third-order valence-corrected chi connectivity index (χ3v) is 6.59. The van der Waals surface area contributed by atoms with Crippen LogP contribution in [0.4, 0.5) is 0 Å². The Bertz CT molecular complexity index is 919. The van der Waals surface area contributed by atoms with E-state index in [1.807, 2.05) is 71.3 Å². The van der Waals surface area contributed by atoms with Gasteiger partial charge in [-0.25, -0.2) is 0 Å². The number of halogens is 2. The first-order chi connectivity index (χ1) is 16.0. The predicted octanol–water partition coefficient (Wildman–Crippen LogP) is 7.44. The van der Waals surface area contributed by atoms with Crippen molar-refractivity contribution in [2.45, 2.75) is 58.6 Å². The van der Waals surface area contributed by atoms with Crippen molar-refractivity contribution in [3.05, 3.63) is 70.2 Å². The molecule has 2 saturated heterocycles. The first-order valence-electron chi connectivity index (χ1n) is 11.5. The Hall–Kier alpha value is -1.69. The maximum absolute atomic E-state index is 13.0. The van der Waals surface area contributed by atoms with Crippen LogP contribution < -0.4 is 0 Å². The van der Waals surface area contributed by atoms with Gasteiger partial charge >= 0.3 is 5.97 Å². The highest BCUT2D eigenvalue weighted by atomic mass is 35.5. The number of hydrogen-bond acceptors (Lipinski definition) is 4. The highest BCUT2D eigenvalue weighted by Gasteiger charge is 2.58. The second kappa shape index (κ2) is 12.9. The average Bonchev–Trinajstić information content (AvgIpc) is 2.77. The quantitative estimate of drug-likeness (QED) is 0.392. The molecular formula is C27H35Cl2NO3S. The van der Waals surface area contributed by atoms with Crippen LogP contribution in [0.2, 0.25) is 10.0 Å². The van der Waals surface area contributed by atoms with Crippen LogP contribution in [0.15, 0.2) is 54.6 Å². The van der Waals surface area contributed by atoms with Crippen molar-refractivity contribution in [3.8, 4) is 0 Å². The maximum atomic E-state index is 13.0. The highest BCUT2D eigenvalue weighted by molar-refractivity contribution is 7.98. The van der Waals surface area contributed by atoms with Crippen molar-refractivity contribution >= 4 is 46.8 Å². The Morgan fingerprint density at radius 3 is 1.97 bits per heavy atom. The lowest BCUT2D eigenvalue weighted by Crippen LogP contribution is -2.63. The van der Waals surface area contributed by atoms with Gasteiger partial charge in [-0.15, -0.1) is 0 Å². The van der Waals surface area contributed by atoms with E-state index < -0.39 is 5.60 Å². The fraction of sp³-hybridized carbons (Fsp3) is 0.481. The lowest BCUT2D eigenvalue weighted by atomic mass is 9.79. The molecule has 2 heterocycles. The summed E-state index contributed by atoms with van der Waals surface area (Å²) in [5.74, 6) is 0.900. The van der Waals surface area contributed by atoms with Crippen molar-refractivity contribution in [1.82, 2.24) is 4.90 Å². The molecule has 0 bridgehead atoms. The molecule has 1 spiro atoms. The molecule has 1 unspecified atom stereocenters. The molecule has 0 radical (unpaired) electrons. The molecule has 0 aromatic heterocycles. The summed E-state index contributed by atoms with van der Waals surface area (Å²) in [6.07, 6.45) is 3.68. The zero-order valence-corrected chi connectivity index (χ0v) is 23.0. The molecule has 186 valence electrons. The van der Waals surface area contributed by atoms with Gasteiger partial charge in [0.1, 0.15) is 0 Å². The molecule has 7 heteroatoms. The maximum Gasteiger partial charge on any atom is 0.311 e. The first kappa shape index (κ1) is 28.5. The fourth-order valence-corrected chi connectivity index (χ4v) is 4.15. The summed E-state index contributed by atoms with van der Waals surface area (Å²) < 4.78 is 5.28. The third-order valence-electron chi connectivity index (χ3n) is 5.51. The number of carbonyl (C=O) groups is 2. The summed E-state index contributed by atoms with van der Waals surface area (Å²) in [4.78, 5) is 26.2. The summed E-state index contributed by atoms with van der Waals surface area (Å²) in [7, 11) is 0. The van der Waals surface area contributed by atoms with Crippen molar-refractivity contribution in [2.24, 2.45) is 5.41 Å². The fourth-order valence-electron chi connectivity index (χ4n) is 3.88. The molecule has 1 amide bonds. The van der Waals surface area contributed by atoms with E-state index >= 15 is 0 Å². The van der Waals surface area contributed by atoms with Gasteiger partial charge in [0.05, 0.1) is 12.5 Å². The van der Waals surface area contributed by atoms with E-state index in [4.69, 9.17) is 27.9 Å². The van der Waals surface area contributed by atoms with Crippen LogP contribution in [-0.4, -0.2) is 40.9 Å².